The quantitative estimate of drug-likeness (QED) is 0.858. The number of aryl methyl sites for hydroxylation is 1. The lowest BCUT2D eigenvalue weighted by molar-refractivity contribution is 0.992. The van der Waals surface area contributed by atoms with Gasteiger partial charge < -0.3 is 5.73 Å². The summed E-state index contributed by atoms with van der Waals surface area (Å²) in [5.74, 6) is 1.16. The van der Waals surface area contributed by atoms with Crippen LogP contribution in [0.25, 0.3) is 10.8 Å². The smallest absolute Gasteiger partial charge is 0.190 e. The molecule has 0 amide bonds. The van der Waals surface area contributed by atoms with Crippen LogP contribution in [-0.2, 0) is 6.42 Å². The fraction of sp³-hybridized carbons (Fsp3) is 0.222. The van der Waals surface area contributed by atoms with Crippen LogP contribution >= 0.6 is 33.9 Å². The molecule has 2 N–H and O–H groups in total. The molecule has 2 heterocycles. The van der Waals surface area contributed by atoms with Crippen molar-refractivity contribution in [1.82, 2.24) is 15.0 Å². The monoisotopic (exact) mass is 332 g/mol. The number of nitrogens with zero attached hydrogens (tertiary/aromatic N) is 3. The van der Waals surface area contributed by atoms with E-state index in [1.807, 2.05) is 5.38 Å². The van der Waals surface area contributed by atoms with Gasteiger partial charge in [0.2, 0.25) is 0 Å². The van der Waals surface area contributed by atoms with E-state index in [1.54, 1.807) is 6.20 Å². The zero-order valence-corrected chi connectivity index (χ0v) is 11.0. The van der Waals surface area contributed by atoms with E-state index in [2.05, 4.69) is 44.5 Å². The number of anilines is 1. The Kier molecular flexibility index (Phi) is 3.15. The number of nitrogen functional groups attached to an aromatic ring is 1. The Morgan fingerprint density at radius 1 is 1.47 bits per heavy atom. The van der Waals surface area contributed by atoms with Crippen LogP contribution in [0, 0.1) is 3.57 Å². The van der Waals surface area contributed by atoms with Gasteiger partial charge in [0.05, 0.1) is 9.26 Å². The van der Waals surface area contributed by atoms with Gasteiger partial charge in [0.15, 0.2) is 10.8 Å². The summed E-state index contributed by atoms with van der Waals surface area (Å²) in [4.78, 5) is 12.8. The van der Waals surface area contributed by atoms with Crippen LogP contribution in [0.15, 0.2) is 11.6 Å². The van der Waals surface area contributed by atoms with E-state index in [-0.39, 0.29) is 0 Å². The number of hydrogen-bond donors (Lipinski definition) is 1. The number of thiazole rings is 1. The summed E-state index contributed by atoms with van der Waals surface area (Å²) in [6.45, 7) is 2.05. The highest BCUT2D eigenvalue weighted by molar-refractivity contribution is 14.1. The molecule has 0 radical (unpaired) electrons. The van der Waals surface area contributed by atoms with Crippen molar-refractivity contribution in [2.75, 3.05) is 5.73 Å². The fourth-order valence-electron chi connectivity index (χ4n) is 1.18. The molecule has 6 heteroatoms. The Morgan fingerprint density at radius 2 is 2.27 bits per heavy atom. The molecule has 0 bridgehead atoms. The van der Waals surface area contributed by atoms with Crippen molar-refractivity contribution in [2.45, 2.75) is 13.3 Å². The number of halogens is 1. The van der Waals surface area contributed by atoms with E-state index in [0.29, 0.717) is 11.6 Å². The number of hydrogen-bond acceptors (Lipinski definition) is 5. The first-order chi connectivity index (χ1) is 7.22. The third kappa shape index (κ3) is 2.10. The van der Waals surface area contributed by atoms with E-state index in [9.17, 15) is 0 Å². The Labute approximate surface area is 105 Å². The summed E-state index contributed by atoms with van der Waals surface area (Å²) < 4.78 is 0.940. The predicted octanol–water partition coefficient (Wildman–Crippen LogP) is 2.35. The third-order valence-electron chi connectivity index (χ3n) is 1.90. The highest BCUT2D eigenvalue weighted by atomic mass is 127. The SMILES string of the molecule is CCc1nc(-c2nccs2)nc(N)c1I. The predicted molar refractivity (Wildman–Crippen MR) is 69.6 cm³/mol. The maximum Gasteiger partial charge on any atom is 0.190 e. The minimum absolute atomic E-state index is 0.535. The maximum absolute atomic E-state index is 5.82. The maximum atomic E-state index is 5.82. The largest absolute Gasteiger partial charge is 0.383 e. The summed E-state index contributed by atoms with van der Waals surface area (Å²) in [5, 5.41) is 2.71. The van der Waals surface area contributed by atoms with Gasteiger partial charge in [0.1, 0.15) is 5.82 Å². The first-order valence-corrected chi connectivity index (χ1v) is 6.40. The Balaban J connectivity index is 2.55. The second-order valence-corrected chi connectivity index (χ2v) is 4.86. The molecule has 15 heavy (non-hydrogen) atoms. The van der Waals surface area contributed by atoms with Crippen molar-refractivity contribution in [2.24, 2.45) is 0 Å². The van der Waals surface area contributed by atoms with Gasteiger partial charge in [-0.25, -0.2) is 15.0 Å². The highest BCUT2D eigenvalue weighted by Crippen LogP contribution is 2.23. The first kappa shape index (κ1) is 10.7. The van der Waals surface area contributed by atoms with Crippen LogP contribution in [-0.4, -0.2) is 15.0 Å². The third-order valence-corrected chi connectivity index (χ3v) is 3.85. The van der Waals surface area contributed by atoms with Crippen molar-refractivity contribution in [3.8, 4) is 10.8 Å². The van der Waals surface area contributed by atoms with Crippen molar-refractivity contribution in [3.05, 3.63) is 20.8 Å². The molecule has 0 aliphatic heterocycles. The summed E-state index contributed by atoms with van der Waals surface area (Å²) in [6.07, 6.45) is 2.59. The molecule has 0 saturated heterocycles. The molecule has 0 atom stereocenters. The average molecular weight is 332 g/mol. The van der Waals surface area contributed by atoms with E-state index < -0.39 is 0 Å². The lowest BCUT2D eigenvalue weighted by Crippen LogP contribution is -2.04. The Hall–Kier alpha value is -0.760. The molecule has 0 fully saturated rings. The van der Waals surface area contributed by atoms with E-state index >= 15 is 0 Å². The van der Waals surface area contributed by atoms with Gasteiger partial charge in [-0.15, -0.1) is 11.3 Å². The number of nitrogens with two attached hydrogens (primary N) is 1. The number of rotatable bonds is 2. The lowest BCUT2D eigenvalue weighted by atomic mass is 10.3. The number of aromatic nitrogens is 3. The Bertz CT molecular complexity index is 469. The molecule has 0 unspecified atom stereocenters. The van der Waals surface area contributed by atoms with Gasteiger partial charge in [-0.1, -0.05) is 6.92 Å². The molecule has 0 aliphatic rings. The molecule has 2 aromatic heterocycles. The van der Waals surface area contributed by atoms with Crippen LogP contribution in [0.4, 0.5) is 5.82 Å². The van der Waals surface area contributed by atoms with Gasteiger partial charge in [0.25, 0.3) is 0 Å². The molecule has 0 saturated carbocycles. The molecule has 0 aromatic carbocycles. The summed E-state index contributed by atoms with van der Waals surface area (Å²) >= 11 is 3.69. The molecule has 0 spiro atoms. The average Bonchev–Trinajstić information content (AvgIpc) is 2.75. The van der Waals surface area contributed by atoms with Gasteiger partial charge in [0, 0.05) is 11.6 Å². The van der Waals surface area contributed by atoms with Crippen LogP contribution in [0.1, 0.15) is 12.6 Å². The minimum atomic E-state index is 0.535. The van der Waals surface area contributed by atoms with Crippen LogP contribution in [0.3, 0.4) is 0 Å². The summed E-state index contributed by atoms with van der Waals surface area (Å²) in [5.41, 5.74) is 6.80. The van der Waals surface area contributed by atoms with Crippen LogP contribution in [0.5, 0.6) is 0 Å². The van der Waals surface area contributed by atoms with Gasteiger partial charge in [-0.3, -0.25) is 0 Å². The van der Waals surface area contributed by atoms with Crippen molar-refractivity contribution in [3.63, 3.8) is 0 Å². The minimum Gasteiger partial charge on any atom is -0.383 e. The summed E-state index contributed by atoms with van der Waals surface area (Å²) in [7, 11) is 0. The zero-order valence-electron chi connectivity index (χ0n) is 8.07. The standard InChI is InChI=1S/C9H9IN4S/c1-2-5-6(10)7(11)14-8(13-5)9-12-3-4-15-9/h3-4H,2H2,1H3,(H2,11,13,14). The lowest BCUT2D eigenvalue weighted by Gasteiger charge is -2.05. The molecule has 2 aromatic rings. The fourth-order valence-corrected chi connectivity index (χ4v) is 2.37. The van der Waals surface area contributed by atoms with Crippen molar-refractivity contribution in [1.29, 1.82) is 0 Å². The van der Waals surface area contributed by atoms with E-state index in [4.69, 9.17) is 5.73 Å². The Morgan fingerprint density at radius 3 is 2.87 bits per heavy atom. The second kappa shape index (κ2) is 4.40. The highest BCUT2D eigenvalue weighted by Gasteiger charge is 2.11. The van der Waals surface area contributed by atoms with E-state index in [0.717, 1.165) is 20.7 Å². The van der Waals surface area contributed by atoms with Gasteiger partial charge in [-0.2, -0.15) is 0 Å². The zero-order chi connectivity index (χ0) is 10.8. The molecule has 4 nitrogen and oxygen atoms in total. The van der Waals surface area contributed by atoms with Gasteiger partial charge >= 0.3 is 0 Å². The van der Waals surface area contributed by atoms with Crippen molar-refractivity contribution >= 4 is 39.7 Å². The second-order valence-electron chi connectivity index (χ2n) is 2.88. The summed E-state index contributed by atoms with van der Waals surface area (Å²) in [6, 6.07) is 0. The molecular formula is C9H9IN4S. The van der Waals surface area contributed by atoms with Crippen LogP contribution in [0.2, 0.25) is 0 Å². The first-order valence-electron chi connectivity index (χ1n) is 4.44. The molecule has 2 rings (SSSR count). The topological polar surface area (TPSA) is 64.7 Å². The van der Waals surface area contributed by atoms with E-state index in [1.165, 1.54) is 11.3 Å². The van der Waals surface area contributed by atoms with Crippen LogP contribution < -0.4 is 5.73 Å². The van der Waals surface area contributed by atoms with Crippen molar-refractivity contribution < 1.29 is 0 Å². The van der Waals surface area contributed by atoms with Gasteiger partial charge in [-0.05, 0) is 29.0 Å². The molecular weight excluding hydrogens is 323 g/mol. The normalized spacial score (nSPS) is 10.5. The molecule has 0 aliphatic carbocycles. The molecule has 78 valence electrons.